The fourth-order valence-corrected chi connectivity index (χ4v) is 1.77. The van der Waals surface area contributed by atoms with Crippen LogP contribution in [0, 0.1) is 0 Å². The minimum atomic E-state index is -5.03. The van der Waals surface area contributed by atoms with Gasteiger partial charge in [-0.1, -0.05) is 11.6 Å². The first-order chi connectivity index (χ1) is 7.81. The minimum Gasteiger partial charge on any atom is -0.464 e. The average Bonchev–Trinajstić information content (AvgIpc) is 2.68. The van der Waals surface area contributed by atoms with Crippen molar-refractivity contribution in [1.82, 2.24) is 0 Å². The van der Waals surface area contributed by atoms with Crippen LogP contribution < -0.4 is 0 Å². The van der Waals surface area contributed by atoms with E-state index < -0.39 is 24.2 Å². The topological polar surface area (TPSA) is 46.5 Å². The summed E-state index contributed by atoms with van der Waals surface area (Å²) in [6, 6.07) is 0. The second-order valence-electron chi connectivity index (χ2n) is 4.01. The van der Waals surface area contributed by atoms with E-state index in [9.17, 15) is 23.1 Å². The number of hydrogen-bond acceptors (Lipinski definition) is 3. The first kappa shape index (κ1) is 14.0. The van der Waals surface area contributed by atoms with Crippen molar-refractivity contribution >= 4 is 5.97 Å². The highest BCUT2D eigenvalue weighted by molar-refractivity contribution is 5.80. The van der Waals surface area contributed by atoms with Crippen LogP contribution in [0.2, 0.25) is 0 Å². The van der Waals surface area contributed by atoms with Crippen molar-refractivity contribution in [1.29, 1.82) is 0 Å². The van der Waals surface area contributed by atoms with E-state index in [1.807, 2.05) is 0 Å². The van der Waals surface area contributed by atoms with Gasteiger partial charge in [-0.2, -0.15) is 13.2 Å². The first-order valence-electron chi connectivity index (χ1n) is 5.45. The van der Waals surface area contributed by atoms with Crippen molar-refractivity contribution in [3.05, 3.63) is 11.6 Å². The highest BCUT2D eigenvalue weighted by atomic mass is 19.4. The lowest BCUT2D eigenvalue weighted by atomic mass is 9.93. The van der Waals surface area contributed by atoms with E-state index >= 15 is 0 Å². The van der Waals surface area contributed by atoms with Gasteiger partial charge >= 0.3 is 12.1 Å². The second kappa shape index (κ2) is 5.08. The standard InChI is InChI=1S/C11H15F3O3/c1-2-17-9(15)10(16,11(12,13)14)7-8-5-3-4-6-8/h5,16H,2-4,6-7H2,1H3/t10-/m0/s1. The largest absolute Gasteiger partial charge is 0.464 e. The van der Waals surface area contributed by atoms with Crippen LogP contribution in [-0.2, 0) is 9.53 Å². The van der Waals surface area contributed by atoms with Gasteiger partial charge in [0.05, 0.1) is 6.61 Å². The maximum Gasteiger partial charge on any atom is 0.428 e. The molecule has 1 aliphatic carbocycles. The van der Waals surface area contributed by atoms with E-state index in [0.717, 1.165) is 6.42 Å². The molecule has 0 unspecified atom stereocenters. The molecule has 1 rings (SSSR count). The molecule has 6 heteroatoms. The molecule has 1 aliphatic rings. The normalized spacial score (nSPS) is 19.7. The zero-order chi connectivity index (χ0) is 13.1. The molecule has 98 valence electrons. The van der Waals surface area contributed by atoms with Crippen LogP contribution in [0.3, 0.4) is 0 Å². The van der Waals surface area contributed by atoms with Crippen molar-refractivity contribution < 1.29 is 27.8 Å². The highest BCUT2D eigenvalue weighted by Crippen LogP contribution is 2.38. The van der Waals surface area contributed by atoms with Crippen molar-refractivity contribution in [3.63, 3.8) is 0 Å². The molecular weight excluding hydrogens is 237 g/mol. The fourth-order valence-electron chi connectivity index (χ4n) is 1.77. The Balaban J connectivity index is 2.89. The molecule has 0 fully saturated rings. The summed E-state index contributed by atoms with van der Waals surface area (Å²) in [5.41, 5.74) is -2.96. The number of carbonyl (C=O) groups excluding carboxylic acids is 1. The predicted molar refractivity (Wildman–Crippen MR) is 54.2 cm³/mol. The molecule has 0 spiro atoms. The number of aliphatic hydroxyl groups is 1. The van der Waals surface area contributed by atoms with Crippen molar-refractivity contribution in [2.75, 3.05) is 6.61 Å². The quantitative estimate of drug-likeness (QED) is 0.617. The Bertz CT molecular complexity index is 322. The predicted octanol–water partition coefficient (Wildman–Crippen LogP) is 2.34. The van der Waals surface area contributed by atoms with Crippen molar-refractivity contribution in [2.24, 2.45) is 0 Å². The van der Waals surface area contributed by atoms with Crippen LogP contribution in [0.25, 0.3) is 0 Å². The highest BCUT2D eigenvalue weighted by Gasteiger charge is 2.60. The Morgan fingerprint density at radius 1 is 1.53 bits per heavy atom. The van der Waals surface area contributed by atoms with Gasteiger partial charge in [0.1, 0.15) is 0 Å². The number of alkyl halides is 3. The number of esters is 1. The molecule has 0 saturated carbocycles. The molecule has 0 saturated heterocycles. The lowest BCUT2D eigenvalue weighted by Crippen LogP contribution is -2.53. The SMILES string of the molecule is CCOC(=O)[C@@](O)(CC1=CCCC1)C(F)(F)F. The lowest BCUT2D eigenvalue weighted by Gasteiger charge is -2.28. The Morgan fingerprint density at radius 2 is 2.18 bits per heavy atom. The molecule has 0 amide bonds. The third kappa shape index (κ3) is 3.00. The molecule has 0 aliphatic heterocycles. The van der Waals surface area contributed by atoms with E-state index in [-0.39, 0.29) is 6.61 Å². The monoisotopic (exact) mass is 252 g/mol. The van der Waals surface area contributed by atoms with E-state index in [2.05, 4.69) is 4.74 Å². The van der Waals surface area contributed by atoms with E-state index in [1.54, 1.807) is 6.08 Å². The molecule has 1 atom stereocenters. The zero-order valence-electron chi connectivity index (χ0n) is 9.51. The second-order valence-corrected chi connectivity index (χ2v) is 4.01. The molecule has 17 heavy (non-hydrogen) atoms. The van der Waals surface area contributed by atoms with Gasteiger partial charge in [0.25, 0.3) is 5.60 Å². The van der Waals surface area contributed by atoms with Gasteiger partial charge in [-0.25, -0.2) is 4.79 Å². The molecule has 0 aromatic carbocycles. The summed E-state index contributed by atoms with van der Waals surface area (Å²) >= 11 is 0. The number of carbonyl (C=O) groups is 1. The van der Waals surface area contributed by atoms with Crippen molar-refractivity contribution in [2.45, 2.75) is 44.4 Å². The van der Waals surface area contributed by atoms with Gasteiger partial charge in [-0.15, -0.1) is 0 Å². The fraction of sp³-hybridized carbons (Fsp3) is 0.727. The van der Waals surface area contributed by atoms with Gasteiger partial charge in [-0.3, -0.25) is 0 Å². The molecule has 0 aromatic heterocycles. The van der Waals surface area contributed by atoms with E-state index in [0.29, 0.717) is 18.4 Å². The summed E-state index contributed by atoms with van der Waals surface area (Å²) in [7, 11) is 0. The summed E-state index contributed by atoms with van der Waals surface area (Å²) in [4.78, 5) is 11.3. The minimum absolute atomic E-state index is 0.198. The Hall–Kier alpha value is -1.04. The zero-order valence-corrected chi connectivity index (χ0v) is 9.51. The molecule has 0 radical (unpaired) electrons. The average molecular weight is 252 g/mol. The number of rotatable bonds is 4. The molecule has 0 aromatic rings. The van der Waals surface area contributed by atoms with Gasteiger partial charge in [0.15, 0.2) is 0 Å². The molecule has 1 N–H and O–H groups in total. The lowest BCUT2D eigenvalue weighted by molar-refractivity contribution is -0.262. The summed E-state index contributed by atoms with van der Waals surface area (Å²) in [5, 5.41) is 9.57. The van der Waals surface area contributed by atoms with E-state index in [4.69, 9.17) is 0 Å². The van der Waals surface area contributed by atoms with Gasteiger partial charge in [-0.05, 0) is 26.2 Å². The Labute approximate surface area is 97.3 Å². The summed E-state index contributed by atoms with van der Waals surface area (Å²) < 4.78 is 42.6. The Morgan fingerprint density at radius 3 is 2.59 bits per heavy atom. The summed E-state index contributed by atoms with van der Waals surface area (Å²) in [6.07, 6.45) is -2.19. The van der Waals surface area contributed by atoms with Crippen LogP contribution in [0.5, 0.6) is 0 Å². The smallest absolute Gasteiger partial charge is 0.428 e. The van der Waals surface area contributed by atoms with E-state index in [1.165, 1.54) is 6.92 Å². The third-order valence-corrected chi connectivity index (χ3v) is 2.70. The maximum atomic E-state index is 12.8. The number of halogens is 3. The van der Waals surface area contributed by atoms with Crippen LogP contribution in [0.4, 0.5) is 13.2 Å². The number of ether oxygens (including phenoxy) is 1. The molecular formula is C11H15F3O3. The van der Waals surface area contributed by atoms with Crippen LogP contribution in [0.1, 0.15) is 32.6 Å². The van der Waals surface area contributed by atoms with Crippen molar-refractivity contribution in [3.8, 4) is 0 Å². The summed E-state index contributed by atoms with van der Waals surface area (Å²) in [6.45, 7) is 1.19. The maximum absolute atomic E-state index is 12.8. The summed E-state index contributed by atoms with van der Waals surface area (Å²) in [5.74, 6) is -1.62. The molecule has 0 bridgehead atoms. The van der Waals surface area contributed by atoms with Gasteiger partial charge in [0, 0.05) is 6.42 Å². The third-order valence-electron chi connectivity index (χ3n) is 2.70. The molecule has 0 heterocycles. The van der Waals surface area contributed by atoms with Crippen LogP contribution >= 0.6 is 0 Å². The number of allylic oxidation sites excluding steroid dienone is 1. The van der Waals surface area contributed by atoms with Gasteiger partial charge in [0.2, 0.25) is 0 Å². The van der Waals surface area contributed by atoms with Gasteiger partial charge < -0.3 is 9.84 Å². The first-order valence-corrected chi connectivity index (χ1v) is 5.45. The number of hydrogen-bond donors (Lipinski definition) is 1. The molecule has 3 nitrogen and oxygen atoms in total. The van der Waals surface area contributed by atoms with Crippen LogP contribution in [0.15, 0.2) is 11.6 Å². The Kier molecular flexibility index (Phi) is 4.19. The van der Waals surface area contributed by atoms with Crippen LogP contribution in [-0.4, -0.2) is 29.5 Å².